The summed E-state index contributed by atoms with van der Waals surface area (Å²) in [6, 6.07) is 16.5. The van der Waals surface area contributed by atoms with Crippen molar-refractivity contribution < 1.29 is 9.47 Å². The summed E-state index contributed by atoms with van der Waals surface area (Å²) in [5.74, 6) is 0.639. The average molecular weight is 390 g/mol. The molecule has 28 heavy (non-hydrogen) atoms. The average Bonchev–Trinajstić information content (AvgIpc) is 3.45. The first-order chi connectivity index (χ1) is 13.8. The fourth-order valence-electron chi connectivity index (χ4n) is 3.11. The van der Waals surface area contributed by atoms with Gasteiger partial charge in [-0.1, -0.05) is 35.1 Å². The lowest BCUT2D eigenvalue weighted by atomic mass is 10.2. The van der Waals surface area contributed by atoms with Crippen molar-refractivity contribution in [3.8, 4) is 0 Å². The van der Waals surface area contributed by atoms with E-state index in [0.29, 0.717) is 5.88 Å². The maximum atomic E-state index is 5.66. The van der Waals surface area contributed by atoms with Crippen LogP contribution in [0, 0.1) is 6.92 Å². The molecule has 1 aliphatic rings. The highest BCUT2D eigenvalue weighted by atomic mass is 32.1. The van der Waals surface area contributed by atoms with Crippen LogP contribution in [0.2, 0.25) is 0 Å². The molecule has 0 aliphatic carbocycles. The van der Waals surface area contributed by atoms with Crippen molar-refractivity contribution in [3.05, 3.63) is 84.2 Å². The van der Waals surface area contributed by atoms with Crippen LogP contribution in [0.25, 0.3) is 10.2 Å². The highest BCUT2D eigenvalue weighted by Crippen LogP contribution is 2.37. The number of fused-ring (bicyclic) bond motifs is 1. The molecule has 2 aromatic heterocycles. The standard InChI is InChI=1S/C21H18N4O2S/c1-15-3-6-17(7-4-15)25(20-13-26-14-27-20)21-23-18-8-5-16(11-19(18)28-21)12-24-10-2-9-22-24/h2-11,13H,12,14H2,1H3. The van der Waals surface area contributed by atoms with E-state index in [1.54, 1.807) is 23.8 Å². The number of rotatable bonds is 5. The van der Waals surface area contributed by atoms with Gasteiger partial charge in [-0.05, 0) is 42.8 Å². The van der Waals surface area contributed by atoms with Crippen LogP contribution in [0.3, 0.4) is 0 Å². The number of hydrogen-bond donors (Lipinski definition) is 0. The van der Waals surface area contributed by atoms with Crippen molar-refractivity contribution in [1.29, 1.82) is 0 Å². The van der Waals surface area contributed by atoms with Crippen LogP contribution in [0.5, 0.6) is 0 Å². The van der Waals surface area contributed by atoms with Crippen molar-refractivity contribution in [3.63, 3.8) is 0 Å². The Labute approximate surface area is 166 Å². The molecular weight excluding hydrogens is 372 g/mol. The molecule has 0 saturated heterocycles. The molecule has 0 N–H and O–H groups in total. The van der Waals surface area contributed by atoms with E-state index < -0.39 is 0 Å². The number of benzene rings is 2. The molecule has 0 unspecified atom stereocenters. The summed E-state index contributed by atoms with van der Waals surface area (Å²) in [5.41, 5.74) is 4.33. The van der Waals surface area contributed by atoms with Gasteiger partial charge in [-0.25, -0.2) is 4.98 Å². The molecule has 140 valence electrons. The Kier molecular flexibility index (Phi) is 4.21. The molecule has 7 heteroatoms. The van der Waals surface area contributed by atoms with Gasteiger partial charge in [0.05, 0.1) is 22.4 Å². The third-order valence-electron chi connectivity index (χ3n) is 4.51. The van der Waals surface area contributed by atoms with Crippen molar-refractivity contribution >= 4 is 32.4 Å². The zero-order valence-corrected chi connectivity index (χ0v) is 16.1. The summed E-state index contributed by atoms with van der Waals surface area (Å²) in [6.07, 6.45) is 5.39. The number of thiazole rings is 1. The summed E-state index contributed by atoms with van der Waals surface area (Å²) in [7, 11) is 0. The number of ether oxygens (including phenoxy) is 2. The molecule has 0 fully saturated rings. The predicted molar refractivity (Wildman–Crippen MR) is 109 cm³/mol. The smallest absolute Gasteiger partial charge is 0.239 e. The van der Waals surface area contributed by atoms with Gasteiger partial charge in [-0.15, -0.1) is 0 Å². The molecule has 0 bridgehead atoms. The molecule has 3 heterocycles. The first-order valence-electron chi connectivity index (χ1n) is 8.94. The third kappa shape index (κ3) is 3.20. The summed E-state index contributed by atoms with van der Waals surface area (Å²) >= 11 is 1.63. The minimum absolute atomic E-state index is 0.219. The Hall–Kier alpha value is -3.32. The summed E-state index contributed by atoms with van der Waals surface area (Å²) in [5, 5.41) is 5.12. The minimum atomic E-state index is 0.219. The van der Waals surface area contributed by atoms with Crippen LogP contribution in [-0.4, -0.2) is 21.6 Å². The van der Waals surface area contributed by atoms with Crippen LogP contribution < -0.4 is 4.90 Å². The molecule has 0 atom stereocenters. The Balaban J connectivity index is 1.53. The fourth-order valence-corrected chi connectivity index (χ4v) is 4.16. The zero-order chi connectivity index (χ0) is 18.9. The quantitative estimate of drug-likeness (QED) is 0.490. The molecular formula is C21H18N4O2S. The molecule has 5 rings (SSSR count). The molecule has 0 spiro atoms. The Morgan fingerprint density at radius 3 is 2.82 bits per heavy atom. The van der Waals surface area contributed by atoms with Gasteiger partial charge in [-0.3, -0.25) is 9.58 Å². The molecule has 6 nitrogen and oxygen atoms in total. The first-order valence-corrected chi connectivity index (χ1v) is 9.76. The van der Waals surface area contributed by atoms with Crippen molar-refractivity contribution in [2.45, 2.75) is 13.5 Å². The van der Waals surface area contributed by atoms with Crippen molar-refractivity contribution in [2.75, 3.05) is 11.7 Å². The largest absolute Gasteiger partial charge is 0.459 e. The fraction of sp³-hybridized carbons (Fsp3) is 0.143. The lowest BCUT2D eigenvalue weighted by Crippen LogP contribution is -2.16. The number of anilines is 2. The molecule has 0 amide bonds. The van der Waals surface area contributed by atoms with Gasteiger partial charge in [0.15, 0.2) is 5.13 Å². The maximum Gasteiger partial charge on any atom is 0.239 e. The van der Waals surface area contributed by atoms with E-state index >= 15 is 0 Å². The number of aryl methyl sites for hydroxylation is 1. The molecule has 0 saturated carbocycles. The van der Waals surface area contributed by atoms with E-state index in [0.717, 1.165) is 27.6 Å². The number of aromatic nitrogens is 3. The first kappa shape index (κ1) is 16.8. The second-order valence-electron chi connectivity index (χ2n) is 6.56. The highest BCUT2D eigenvalue weighted by molar-refractivity contribution is 7.22. The third-order valence-corrected chi connectivity index (χ3v) is 5.51. The zero-order valence-electron chi connectivity index (χ0n) is 15.3. The predicted octanol–water partition coefficient (Wildman–Crippen LogP) is 4.79. The Morgan fingerprint density at radius 2 is 2.07 bits per heavy atom. The Bertz CT molecular complexity index is 1130. The van der Waals surface area contributed by atoms with E-state index in [9.17, 15) is 0 Å². The second kappa shape index (κ2) is 7.01. The molecule has 1 aliphatic heterocycles. The van der Waals surface area contributed by atoms with E-state index in [1.807, 2.05) is 21.8 Å². The molecule has 4 aromatic rings. The highest BCUT2D eigenvalue weighted by Gasteiger charge is 2.23. The molecule has 2 aromatic carbocycles. The van der Waals surface area contributed by atoms with Gasteiger partial charge in [-0.2, -0.15) is 5.10 Å². The van der Waals surface area contributed by atoms with Crippen LogP contribution >= 0.6 is 11.3 Å². The van der Waals surface area contributed by atoms with E-state index in [1.165, 1.54) is 11.1 Å². The second-order valence-corrected chi connectivity index (χ2v) is 7.57. The van der Waals surface area contributed by atoms with Crippen LogP contribution in [0.4, 0.5) is 10.8 Å². The number of hydrogen-bond acceptors (Lipinski definition) is 6. The van der Waals surface area contributed by atoms with Crippen LogP contribution in [0.15, 0.2) is 73.1 Å². The van der Waals surface area contributed by atoms with E-state index in [4.69, 9.17) is 14.5 Å². The number of nitrogens with zero attached hydrogens (tertiary/aromatic N) is 4. The SMILES string of the molecule is Cc1ccc(N(C2=COCO2)c2nc3ccc(Cn4cccn4)cc3s2)cc1. The Morgan fingerprint density at radius 1 is 1.18 bits per heavy atom. The van der Waals surface area contributed by atoms with Crippen molar-refractivity contribution in [1.82, 2.24) is 14.8 Å². The van der Waals surface area contributed by atoms with Crippen LogP contribution in [0.1, 0.15) is 11.1 Å². The van der Waals surface area contributed by atoms with Crippen LogP contribution in [-0.2, 0) is 16.0 Å². The lowest BCUT2D eigenvalue weighted by molar-refractivity contribution is 0.0798. The van der Waals surface area contributed by atoms with Gasteiger partial charge in [0.1, 0.15) is 6.26 Å². The summed E-state index contributed by atoms with van der Waals surface area (Å²) in [4.78, 5) is 6.83. The van der Waals surface area contributed by atoms with E-state index in [2.05, 4.69) is 54.5 Å². The minimum Gasteiger partial charge on any atom is -0.459 e. The van der Waals surface area contributed by atoms with Gasteiger partial charge >= 0.3 is 0 Å². The maximum absolute atomic E-state index is 5.66. The van der Waals surface area contributed by atoms with Gasteiger partial charge in [0.25, 0.3) is 0 Å². The van der Waals surface area contributed by atoms with Gasteiger partial charge in [0.2, 0.25) is 12.7 Å². The topological polar surface area (TPSA) is 52.4 Å². The van der Waals surface area contributed by atoms with Gasteiger partial charge < -0.3 is 9.47 Å². The van der Waals surface area contributed by atoms with Gasteiger partial charge in [0, 0.05) is 12.4 Å². The molecule has 0 radical (unpaired) electrons. The monoisotopic (exact) mass is 390 g/mol. The van der Waals surface area contributed by atoms with Crippen molar-refractivity contribution in [2.24, 2.45) is 0 Å². The normalized spacial score (nSPS) is 13.2. The lowest BCUT2D eigenvalue weighted by Gasteiger charge is -2.20. The summed E-state index contributed by atoms with van der Waals surface area (Å²) in [6.45, 7) is 3.03. The van der Waals surface area contributed by atoms with E-state index in [-0.39, 0.29) is 6.79 Å². The summed E-state index contributed by atoms with van der Waals surface area (Å²) < 4.78 is 14.0.